The van der Waals surface area contributed by atoms with Crippen molar-refractivity contribution in [3.05, 3.63) is 83.0 Å². The van der Waals surface area contributed by atoms with Gasteiger partial charge < -0.3 is 18.9 Å². The van der Waals surface area contributed by atoms with E-state index < -0.39 is 11.6 Å². The van der Waals surface area contributed by atoms with Crippen LogP contribution in [-0.4, -0.2) is 46.7 Å². The predicted molar refractivity (Wildman–Crippen MR) is 125 cm³/mol. The van der Waals surface area contributed by atoms with Gasteiger partial charge in [0.1, 0.15) is 11.6 Å². The molecule has 0 spiro atoms. The number of imidazole rings is 1. The summed E-state index contributed by atoms with van der Waals surface area (Å²) in [5, 5.41) is 8.96. The van der Waals surface area contributed by atoms with Gasteiger partial charge in [0.25, 0.3) is 0 Å². The molecule has 0 amide bonds. The van der Waals surface area contributed by atoms with E-state index in [2.05, 4.69) is 4.98 Å². The fourth-order valence-electron chi connectivity index (χ4n) is 4.77. The Morgan fingerprint density at radius 1 is 1.15 bits per heavy atom. The molecule has 3 heterocycles. The van der Waals surface area contributed by atoms with Crippen LogP contribution in [-0.2, 0) is 4.74 Å². The molecule has 2 aromatic carbocycles. The maximum Gasteiger partial charge on any atom is 0.159 e. The third-order valence-electron chi connectivity index (χ3n) is 6.49. The zero-order chi connectivity index (χ0) is 23.8. The van der Waals surface area contributed by atoms with Gasteiger partial charge in [0.2, 0.25) is 0 Å². The Labute approximate surface area is 197 Å². The minimum atomic E-state index is -0.890. The molecule has 0 radical (unpaired) electrons. The zero-order valence-electron chi connectivity index (χ0n) is 19.1. The van der Waals surface area contributed by atoms with Crippen LogP contribution in [0.4, 0.5) is 8.78 Å². The SMILES string of the molecule is COc1cc(/C=C2\CCC3COCC(c4ccc(F)c(F)c4)N3C2=N)ccc1-n1cnc(C)c1. The number of rotatable bonds is 4. The van der Waals surface area contributed by atoms with Gasteiger partial charge in [0.15, 0.2) is 11.6 Å². The topological polar surface area (TPSA) is 63.4 Å². The highest BCUT2D eigenvalue weighted by Gasteiger charge is 2.38. The number of halogens is 2. The number of aromatic nitrogens is 2. The van der Waals surface area contributed by atoms with Gasteiger partial charge in [-0.2, -0.15) is 0 Å². The smallest absolute Gasteiger partial charge is 0.159 e. The lowest BCUT2D eigenvalue weighted by molar-refractivity contribution is -0.0206. The molecule has 34 heavy (non-hydrogen) atoms. The normalized spacial score (nSPS) is 21.6. The Balaban J connectivity index is 1.45. The highest BCUT2D eigenvalue weighted by Crippen LogP contribution is 2.37. The van der Waals surface area contributed by atoms with E-state index in [0.717, 1.165) is 41.4 Å². The number of ether oxygens (including phenoxy) is 2. The van der Waals surface area contributed by atoms with Crippen molar-refractivity contribution in [1.82, 2.24) is 14.5 Å². The zero-order valence-corrected chi connectivity index (χ0v) is 19.1. The molecular weight excluding hydrogens is 438 g/mol. The van der Waals surface area contributed by atoms with Crippen LogP contribution in [0.2, 0.25) is 0 Å². The molecule has 2 aliphatic heterocycles. The Hall–Kier alpha value is -3.52. The van der Waals surface area contributed by atoms with Crippen LogP contribution < -0.4 is 4.74 Å². The molecule has 2 atom stereocenters. The van der Waals surface area contributed by atoms with E-state index in [9.17, 15) is 8.78 Å². The molecule has 0 aliphatic carbocycles. The second-order valence-electron chi connectivity index (χ2n) is 8.70. The van der Waals surface area contributed by atoms with Crippen LogP contribution in [0.25, 0.3) is 11.8 Å². The van der Waals surface area contributed by atoms with Gasteiger partial charge in [0.05, 0.1) is 50.1 Å². The molecule has 2 saturated heterocycles. The molecule has 2 fully saturated rings. The van der Waals surface area contributed by atoms with Crippen LogP contribution in [0.3, 0.4) is 0 Å². The third kappa shape index (κ3) is 4.09. The summed E-state index contributed by atoms with van der Waals surface area (Å²) in [5.41, 5.74) is 4.22. The second kappa shape index (κ2) is 9.02. The molecule has 6 nitrogen and oxygen atoms in total. The van der Waals surface area contributed by atoms with E-state index in [1.54, 1.807) is 19.5 Å². The number of benzene rings is 2. The van der Waals surface area contributed by atoms with E-state index in [-0.39, 0.29) is 12.1 Å². The Bertz CT molecular complexity index is 1270. The van der Waals surface area contributed by atoms with Crippen molar-refractivity contribution in [3.63, 3.8) is 0 Å². The summed E-state index contributed by atoms with van der Waals surface area (Å²) in [6, 6.07) is 9.51. The molecule has 0 saturated carbocycles. The van der Waals surface area contributed by atoms with Gasteiger partial charge in [0, 0.05) is 6.20 Å². The van der Waals surface area contributed by atoms with Crippen molar-refractivity contribution in [2.75, 3.05) is 20.3 Å². The first kappa shape index (κ1) is 22.3. The molecule has 1 N–H and O–H groups in total. The van der Waals surface area contributed by atoms with Gasteiger partial charge in [-0.05, 0) is 66.8 Å². The molecule has 5 rings (SSSR count). The third-order valence-corrected chi connectivity index (χ3v) is 6.49. The summed E-state index contributed by atoms with van der Waals surface area (Å²) in [7, 11) is 1.63. The summed E-state index contributed by atoms with van der Waals surface area (Å²) < 4.78 is 40.7. The lowest BCUT2D eigenvalue weighted by atomic mass is 9.90. The van der Waals surface area contributed by atoms with E-state index in [1.165, 1.54) is 6.07 Å². The number of aryl methyl sites for hydroxylation is 1. The van der Waals surface area contributed by atoms with Gasteiger partial charge >= 0.3 is 0 Å². The molecule has 1 aromatic heterocycles. The highest BCUT2D eigenvalue weighted by atomic mass is 19.2. The van der Waals surface area contributed by atoms with Crippen LogP contribution in [0.1, 0.15) is 35.7 Å². The van der Waals surface area contributed by atoms with Crippen molar-refractivity contribution in [2.45, 2.75) is 31.8 Å². The molecule has 0 bridgehead atoms. The van der Waals surface area contributed by atoms with Crippen LogP contribution >= 0.6 is 0 Å². The quantitative estimate of drug-likeness (QED) is 0.586. The molecule has 176 valence electrons. The number of nitrogens with zero attached hydrogens (tertiary/aromatic N) is 3. The van der Waals surface area contributed by atoms with Crippen molar-refractivity contribution >= 4 is 11.9 Å². The maximum atomic E-state index is 13.9. The Morgan fingerprint density at radius 2 is 2.00 bits per heavy atom. The first-order chi connectivity index (χ1) is 16.4. The van der Waals surface area contributed by atoms with E-state index in [0.29, 0.717) is 30.4 Å². The highest BCUT2D eigenvalue weighted by molar-refractivity contribution is 6.01. The summed E-state index contributed by atoms with van der Waals surface area (Å²) in [5.74, 6) is -0.672. The Kier molecular flexibility index (Phi) is 5.91. The number of hydrogen-bond acceptors (Lipinski definition) is 4. The van der Waals surface area contributed by atoms with Crippen LogP contribution in [0.15, 0.2) is 54.5 Å². The van der Waals surface area contributed by atoms with Gasteiger partial charge in [-0.15, -0.1) is 0 Å². The summed E-state index contributed by atoms with van der Waals surface area (Å²) in [6.45, 7) is 2.77. The van der Waals surface area contributed by atoms with Crippen molar-refractivity contribution in [3.8, 4) is 11.4 Å². The number of piperidine rings is 1. The summed E-state index contributed by atoms with van der Waals surface area (Å²) >= 11 is 0. The van der Waals surface area contributed by atoms with Crippen LogP contribution in [0, 0.1) is 24.0 Å². The number of nitrogens with one attached hydrogen (secondary N) is 1. The Morgan fingerprint density at radius 3 is 2.74 bits per heavy atom. The van der Waals surface area contributed by atoms with E-state index in [1.807, 2.05) is 46.9 Å². The average Bonchev–Trinajstić information content (AvgIpc) is 3.28. The number of hydrogen-bond donors (Lipinski definition) is 1. The number of morpholine rings is 1. The van der Waals surface area contributed by atoms with Gasteiger partial charge in [-0.3, -0.25) is 5.41 Å². The second-order valence-corrected chi connectivity index (χ2v) is 8.70. The lowest BCUT2D eigenvalue weighted by Gasteiger charge is -2.47. The minimum Gasteiger partial charge on any atom is -0.495 e. The molecule has 8 heteroatoms. The van der Waals surface area contributed by atoms with Crippen molar-refractivity contribution in [1.29, 1.82) is 5.41 Å². The van der Waals surface area contributed by atoms with Crippen molar-refractivity contribution < 1.29 is 18.3 Å². The fraction of sp³-hybridized carbons (Fsp3) is 0.308. The minimum absolute atomic E-state index is 0.0258. The molecular formula is C26H26F2N4O2. The fourth-order valence-corrected chi connectivity index (χ4v) is 4.77. The molecule has 2 aliphatic rings. The average molecular weight is 465 g/mol. The summed E-state index contributed by atoms with van der Waals surface area (Å²) in [4.78, 5) is 6.27. The van der Waals surface area contributed by atoms with Gasteiger partial charge in [-0.25, -0.2) is 13.8 Å². The van der Waals surface area contributed by atoms with E-state index >= 15 is 0 Å². The van der Waals surface area contributed by atoms with E-state index in [4.69, 9.17) is 14.9 Å². The predicted octanol–water partition coefficient (Wildman–Crippen LogP) is 5.06. The van der Waals surface area contributed by atoms with Gasteiger partial charge in [-0.1, -0.05) is 12.1 Å². The number of fused-ring (bicyclic) bond motifs is 1. The van der Waals surface area contributed by atoms with Crippen molar-refractivity contribution in [2.24, 2.45) is 0 Å². The largest absolute Gasteiger partial charge is 0.495 e. The first-order valence-corrected chi connectivity index (χ1v) is 11.2. The first-order valence-electron chi connectivity index (χ1n) is 11.2. The number of amidine groups is 1. The van der Waals surface area contributed by atoms with Crippen LogP contribution in [0.5, 0.6) is 5.75 Å². The lowest BCUT2D eigenvalue weighted by Crippen LogP contribution is -2.53. The number of methoxy groups -OCH3 is 1. The maximum absolute atomic E-state index is 13.9. The standard InChI is InChI=1S/C26H26F2N4O2/c1-16-12-31(15-30-16)23-8-3-17(10-25(23)33-2)9-19-4-6-20-13-34-14-24(32(20)26(19)29)18-5-7-21(27)22(28)11-18/h3,5,7-12,15,20,24,29H,4,6,13-14H2,1-2H3/b19-9+,29-26?. The monoisotopic (exact) mass is 464 g/mol. The summed E-state index contributed by atoms with van der Waals surface area (Å²) in [6.07, 6.45) is 7.24. The molecule has 3 aromatic rings. The molecule has 2 unspecified atom stereocenters.